The van der Waals surface area contributed by atoms with Gasteiger partial charge in [0, 0.05) is 9.40 Å². The van der Waals surface area contributed by atoms with Crippen LogP contribution < -0.4 is 11.1 Å². The summed E-state index contributed by atoms with van der Waals surface area (Å²) < 4.78 is 2.27. The number of nitrogens with two attached hydrogens (primary N) is 1. The van der Waals surface area contributed by atoms with Gasteiger partial charge in [0.25, 0.3) is 5.91 Å². The van der Waals surface area contributed by atoms with E-state index in [1.807, 2.05) is 17.5 Å². The Morgan fingerprint density at radius 2 is 2.17 bits per heavy atom. The van der Waals surface area contributed by atoms with Crippen LogP contribution in [0.5, 0.6) is 0 Å². The molecule has 6 heteroatoms. The van der Waals surface area contributed by atoms with Gasteiger partial charge in [-0.2, -0.15) is 0 Å². The number of hydrogen-bond acceptors (Lipinski definition) is 5. The van der Waals surface area contributed by atoms with Crippen LogP contribution >= 0.6 is 22.7 Å². The van der Waals surface area contributed by atoms with Crippen LogP contribution in [0.15, 0.2) is 35.8 Å². The molecule has 0 fully saturated rings. The molecule has 0 aliphatic heterocycles. The third-order valence-electron chi connectivity index (χ3n) is 2.39. The van der Waals surface area contributed by atoms with Crippen molar-refractivity contribution in [2.75, 3.05) is 11.1 Å². The number of aromatic nitrogens is 1. The van der Waals surface area contributed by atoms with Crippen molar-refractivity contribution in [1.82, 2.24) is 4.98 Å². The van der Waals surface area contributed by atoms with Gasteiger partial charge in [0.2, 0.25) is 0 Å². The lowest BCUT2D eigenvalue weighted by Crippen LogP contribution is -2.11. The largest absolute Gasteiger partial charge is 0.397 e. The fraction of sp³-hybridized carbons (Fsp3) is 0. The second kappa shape index (κ2) is 4.40. The Bertz CT molecular complexity index is 671. The van der Waals surface area contributed by atoms with Gasteiger partial charge >= 0.3 is 0 Å². The van der Waals surface area contributed by atoms with Crippen LogP contribution in [0.2, 0.25) is 0 Å². The fourth-order valence-corrected chi connectivity index (χ4v) is 3.54. The molecule has 0 atom stereocenters. The first-order chi connectivity index (χ1) is 8.72. The topological polar surface area (TPSA) is 68.0 Å². The minimum Gasteiger partial charge on any atom is -0.397 e. The second-order valence-electron chi connectivity index (χ2n) is 3.69. The lowest BCUT2D eigenvalue weighted by molar-refractivity contribution is 0.103. The summed E-state index contributed by atoms with van der Waals surface area (Å²) in [7, 11) is 0. The number of carbonyl (C=O) groups is 1. The first-order valence-electron chi connectivity index (χ1n) is 5.22. The molecule has 0 spiro atoms. The molecule has 90 valence electrons. The summed E-state index contributed by atoms with van der Waals surface area (Å²) in [5.41, 5.74) is 6.11. The molecule has 0 bridgehead atoms. The second-order valence-corrected chi connectivity index (χ2v) is 5.72. The molecule has 3 aromatic heterocycles. The fourth-order valence-electron chi connectivity index (χ4n) is 1.53. The van der Waals surface area contributed by atoms with Gasteiger partial charge in [-0.15, -0.1) is 22.7 Å². The van der Waals surface area contributed by atoms with E-state index in [9.17, 15) is 4.79 Å². The molecular formula is C12H9N3OS2. The first-order valence-corrected chi connectivity index (χ1v) is 6.92. The summed E-state index contributed by atoms with van der Waals surface area (Å²) in [6, 6.07) is 7.30. The van der Waals surface area contributed by atoms with Crippen LogP contribution in [-0.2, 0) is 0 Å². The molecule has 18 heavy (non-hydrogen) atoms. The van der Waals surface area contributed by atoms with Crippen LogP contribution in [-0.4, -0.2) is 10.9 Å². The number of nitrogens with one attached hydrogen (secondary N) is 1. The van der Waals surface area contributed by atoms with E-state index >= 15 is 0 Å². The highest BCUT2D eigenvalue weighted by Gasteiger charge is 2.11. The van der Waals surface area contributed by atoms with Crippen molar-refractivity contribution in [1.29, 1.82) is 0 Å². The number of hydrogen-bond donors (Lipinski definition) is 2. The van der Waals surface area contributed by atoms with Gasteiger partial charge in [-0.3, -0.25) is 4.79 Å². The highest BCUT2D eigenvalue weighted by Crippen LogP contribution is 2.30. The van der Waals surface area contributed by atoms with E-state index in [1.54, 1.807) is 23.5 Å². The number of carbonyl (C=O) groups excluding carboxylic acids is 1. The predicted molar refractivity (Wildman–Crippen MR) is 76.3 cm³/mol. The van der Waals surface area contributed by atoms with E-state index in [2.05, 4.69) is 10.3 Å². The van der Waals surface area contributed by atoms with E-state index in [-0.39, 0.29) is 5.91 Å². The summed E-state index contributed by atoms with van der Waals surface area (Å²) >= 11 is 3.11. The lowest BCUT2D eigenvalue weighted by atomic mass is 10.4. The zero-order chi connectivity index (χ0) is 12.5. The molecule has 1 amide bonds. The van der Waals surface area contributed by atoms with Crippen molar-refractivity contribution < 1.29 is 4.79 Å². The maximum atomic E-state index is 12.0. The molecule has 0 aliphatic carbocycles. The van der Waals surface area contributed by atoms with Crippen molar-refractivity contribution in [3.8, 4) is 0 Å². The third kappa shape index (κ3) is 2.07. The molecule has 4 nitrogen and oxygen atoms in total. The quantitative estimate of drug-likeness (QED) is 0.754. The Hall–Kier alpha value is -1.92. The monoisotopic (exact) mass is 275 g/mol. The number of nitrogens with zero attached hydrogens (tertiary/aromatic N) is 1. The van der Waals surface area contributed by atoms with Gasteiger partial charge < -0.3 is 11.1 Å². The van der Waals surface area contributed by atoms with Gasteiger partial charge in [0.15, 0.2) is 0 Å². The molecule has 3 aromatic rings. The highest BCUT2D eigenvalue weighted by molar-refractivity contribution is 7.27. The van der Waals surface area contributed by atoms with E-state index in [4.69, 9.17) is 5.73 Å². The average molecular weight is 275 g/mol. The molecule has 0 aromatic carbocycles. The van der Waals surface area contributed by atoms with E-state index < -0.39 is 0 Å². The standard InChI is InChI=1S/C12H9N3OS2/c13-7-1-2-11(14-6-7)15-12(16)10-5-9-8(18-10)3-4-17-9/h1-6H,13H2,(H,14,15,16). The Morgan fingerprint density at radius 3 is 2.89 bits per heavy atom. The molecule has 0 aliphatic rings. The van der Waals surface area contributed by atoms with Crippen LogP contribution in [0.4, 0.5) is 11.5 Å². The number of pyridine rings is 1. The Kier molecular flexibility index (Phi) is 2.73. The summed E-state index contributed by atoms with van der Waals surface area (Å²) in [5.74, 6) is 0.367. The number of fused-ring (bicyclic) bond motifs is 1. The Balaban J connectivity index is 1.82. The average Bonchev–Trinajstić information content (AvgIpc) is 2.92. The first kappa shape index (κ1) is 11.2. The molecule has 0 saturated heterocycles. The number of rotatable bonds is 2. The van der Waals surface area contributed by atoms with Gasteiger partial charge in [-0.25, -0.2) is 4.98 Å². The summed E-state index contributed by atoms with van der Waals surface area (Å²) in [6.45, 7) is 0. The Labute approximate surface area is 111 Å². The molecule has 0 radical (unpaired) electrons. The number of amides is 1. The predicted octanol–water partition coefficient (Wildman–Crippen LogP) is 3.19. The highest BCUT2D eigenvalue weighted by atomic mass is 32.1. The van der Waals surface area contributed by atoms with Gasteiger partial charge in [-0.05, 0) is 29.6 Å². The normalized spacial score (nSPS) is 10.7. The summed E-state index contributed by atoms with van der Waals surface area (Å²) in [4.78, 5) is 16.7. The van der Waals surface area contributed by atoms with Crippen LogP contribution in [0.25, 0.3) is 9.40 Å². The van der Waals surface area contributed by atoms with Crippen molar-refractivity contribution in [3.05, 3.63) is 40.7 Å². The van der Waals surface area contributed by atoms with Crippen LogP contribution in [0, 0.1) is 0 Å². The van der Waals surface area contributed by atoms with Crippen molar-refractivity contribution >= 4 is 49.5 Å². The maximum Gasteiger partial charge on any atom is 0.266 e. The number of thiophene rings is 2. The summed E-state index contributed by atoms with van der Waals surface area (Å²) in [5, 5.41) is 4.76. The third-order valence-corrected chi connectivity index (χ3v) is 4.48. The van der Waals surface area contributed by atoms with Gasteiger partial charge in [0.05, 0.1) is 16.8 Å². The lowest BCUT2D eigenvalue weighted by Gasteiger charge is -2.02. The van der Waals surface area contributed by atoms with Crippen molar-refractivity contribution in [2.45, 2.75) is 0 Å². The molecule has 3 heterocycles. The van der Waals surface area contributed by atoms with Gasteiger partial charge in [0.1, 0.15) is 5.82 Å². The minimum atomic E-state index is -0.138. The van der Waals surface area contributed by atoms with Crippen LogP contribution in [0.1, 0.15) is 9.67 Å². The van der Waals surface area contributed by atoms with Gasteiger partial charge in [-0.1, -0.05) is 0 Å². The zero-order valence-electron chi connectivity index (χ0n) is 9.21. The smallest absolute Gasteiger partial charge is 0.266 e. The molecule has 0 unspecified atom stereocenters. The molecule has 3 N–H and O–H groups in total. The zero-order valence-corrected chi connectivity index (χ0v) is 10.8. The number of anilines is 2. The maximum absolute atomic E-state index is 12.0. The number of nitrogen functional groups attached to an aromatic ring is 1. The van der Waals surface area contributed by atoms with E-state index in [0.29, 0.717) is 16.4 Å². The van der Waals surface area contributed by atoms with E-state index in [1.165, 1.54) is 17.5 Å². The van der Waals surface area contributed by atoms with Crippen molar-refractivity contribution in [2.24, 2.45) is 0 Å². The molecular weight excluding hydrogens is 266 g/mol. The Morgan fingerprint density at radius 1 is 1.28 bits per heavy atom. The summed E-state index contributed by atoms with van der Waals surface area (Å²) in [6.07, 6.45) is 1.52. The molecule has 3 rings (SSSR count). The van der Waals surface area contributed by atoms with E-state index in [0.717, 1.165) is 9.40 Å². The SMILES string of the molecule is Nc1ccc(NC(=O)c2cc3sccc3s2)nc1. The minimum absolute atomic E-state index is 0.138. The van der Waals surface area contributed by atoms with Crippen molar-refractivity contribution in [3.63, 3.8) is 0 Å². The van der Waals surface area contributed by atoms with Crippen LogP contribution in [0.3, 0.4) is 0 Å². The molecule has 0 saturated carbocycles.